The highest BCUT2D eigenvalue weighted by molar-refractivity contribution is 5.78. The zero-order valence-corrected chi connectivity index (χ0v) is 12.1. The molecule has 20 heavy (non-hydrogen) atoms. The standard InChI is InChI=1S/C15H25NO4/c1-10-6-7-12(15(19)20)9-16(10)14(18)8-11-4-2-3-5-13(11)17/h10-13,17H,2-9H2,1H3,(H,19,20)/t10?,11-,12?,13+/m0/s1. The minimum absolute atomic E-state index is 0.00870. The summed E-state index contributed by atoms with van der Waals surface area (Å²) in [7, 11) is 0. The van der Waals surface area contributed by atoms with Gasteiger partial charge in [0.1, 0.15) is 0 Å². The lowest BCUT2D eigenvalue weighted by Gasteiger charge is -2.38. The summed E-state index contributed by atoms with van der Waals surface area (Å²) >= 11 is 0. The predicted molar refractivity (Wildman–Crippen MR) is 74.1 cm³/mol. The van der Waals surface area contributed by atoms with Gasteiger partial charge in [-0.3, -0.25) is 9.59 Å². The number of aliphatic hydroxyl groups excluding tert-OH is 1. The minimum Gasteiger partial charge on any atom is -0.481 e. The third-order valence-corrected chi connectivity index (χ3v) is 4.86. The molecule has 0 radical (unpaired) electrons. The van der Waals surface area contributed by atoms with E-state index in [4.69, 9.17) is 5.11 Å². The van der Waals surface area contributed by atoms with Gasteiger partial charge >= 0.3 is 5.97 Å². The maximum Gasteiger partial charge on any atom is 0.308 e. The Kier molecular flexibility index (Phi) is 5.02. The van der Waals surface area contributed by atoms with E-state index >= 15 is 0 Å². The Labute approximate surface area is 120 Å². The molecule has 4 atom stereocenters. The van der Waals surface area contributed by atoms with Gasteiger partial charge in [-0.25, -0.2) is 0 Å². The van der Waals surface area contributed by atoms with Crippen LogP contribution in [0.3, 0.4) is 0 Å². The summed E-state index contributed by atoms with van der Waals surface area (Å²) in [5.74, 6) is -1.19. The van der Waals surface area contributed by atoms with Crippen molar-refractivity contribution in [3.8, 4) is 0 Å². The lowest BCUT2D eigenvalue weighted by atomic mass is 9.83. The first-order valence-electron chi connectivity index (χ1n) is 7.69. The molecule has 1 aliphatic carbocycles. The van der Waals surface area contributed by atoms with Crippen molar-refractivity contribution >= 4 is 11.9 Å². The van der Waals surface area contributed by atoms with Crippen LogP contribution < -0.4 is 0 Å². The van der Waals surface area contributed by atoms with E-state index < -0.39 is 11.9 Å². The Morgan fingerprint density at radius 1 is 1.15 bits per heavy atom. The van der Waals surface area contributed by atoms with Crippen molar-refractivity contribution in [3.05, 3.63) is 0 Å². The topological polar surface area (TPSA) is 77.8 Å². The number of piperidine rings is 1. The van der Waals surface area contributed by atoms with Crippen LogP contribution in [0.2, 0.25) is 0 Å². The number of nitrogens with zero attached hydrogens (tertiary/aromatic N) is 1. The quantitative estimate of drug-likeness (QED) is 0.825. The lowest BCUT2D eigenvalue weighted by Crippen LogP contribution is -2.48. The fraction of sp³-hybridized carbons (Fsp3) is 0.867. The third-order valence-electron chi connectivity index (χ3n) is 4.86. The first-order chi connectivity index (χ1) is 9.49. The summed E-state index contributed by atoms with van der Waals surface area (Å²) in [6.07, 6.45) is 5.17. The number of amides is 1. The van der Waals surface area contributed by atoms with Gasteiger partial charge in [0, 0.05) is 19.0 Å². The van der Waals surface area contributed by atoms with E-state index in [1.165, 1.54) is 0 Å². The number of hydrogen-bond acceptors (Lipinski definition) is 3. The van der Waals surface area contributed by atoms with Crippen molar-refractivity contribution in [3.63, 3.8) is 0 Å². The van der Waals surface area contributed by atoms with Crippen LogP contribution in [0.25, 0.3) is 0 Å². The van der Waals surface area contributed by atoms with Crippen LogP contribution >= 0.6 is 0 Å². The molecule has 2 N–H and O–H groups in total. The van der Waals surface area contributed by atoms with E-state index in [1.807, 2.05) is 6.92 Å². The van der Waals surface area contributed by atoms with Gasteiger partial charge in [-0.05, 0) is 38.5 Å². The zero-order chi connectivity index (χ0) is 14.7. The molecule has 2 rings (SSSR count). The minimum atomic E-state index is -0.813. The second-order valence-corrected chi connectivity index (χ2v) is 6.32. The van der Waals surface area contributed by atoms with Crippen molar-refractivity contribution in [1.82, 2.24) is 4.90 Å². The summed E-state index contributed by atoms with van der Waals surface area (Å²) in [5, 5.41) is 19.1. The zero-order valence-electron chi connectivity index (χ0n) is 12.1. The van der Waals surface area contributed by atoms with Crippen molar-refractivity contribution in [1.29, 1.82) is 0 Å². The van der Waals surface area contributed by atoms with E-state index in [0.29, 0.717) is 19.4 Å². The Balaban J connectivity index is 1.94. The van der Waals surface area contributed by atoms with Crippen molar-refractivity contribution in [2.24, 2.45) is 11.8 Å². The number of aliphatic carboxylic acids is 1. The van der Waals surface area contributed by atoms with Crippen LogP contribution in [0.1, 0.15) is 51.9 Å². The van der Waals surface area contributed by atoms with Crippen LogP contribution in [-0.4, -0.2) is 45.7 Å². The van der Waals surface area contributed by atoms with Gasteiger partial charge in [0.25, 0.3) is 0 Å². The Morgan fingerprint density at radius 2 is 1.85 bits per heavy atom. The second kappa shape index (κ2) is 6.57. The summed E-state index contributed by atoms with van der Waals surface area (Å²) in [6, 6.07) is 0.110. The lowest BCUT2D eigenvalue weighted by molar-refractivity contribution is -0.147. The first kappa shape index (κ1) is 15.3. The van der Waals surface area contributed by atoms with E-state index in [2.05, 4.69) is 0 Å². The molecule has 1 saturated heterocycles. The van der Waals surface area contributed by atoms with E-state index in [0.717, 1.165) is 32.1 Å². The molecule has 2 unspecified atom stereocenters. The van der Waals surface area contributed by atoms with Gasteiger partial charge in [0.05, 0.1) is 12.0 Å². The van der Waals surface area contributed by atoms with Crippen molar-refractivity contribution in [2.45, 2.75) is 64.0 Å². The molecule has 0 bridgehead atoms. The van der Waals surface area contributed by atoms with Gasteiger partial charge in [0.2, 0.25) is 5.91 Å². The fourth-order valence-electron chi connectivity index (χ4n) is 3.42. The molecule has 114 valence electrons. The number of carbonyl (C=O) groups excluding carboxylic acids is 1. The highest BCUT2D eigenvalue weighted by Crippen LogP contribution is 2.29. The van der Waals surface area contributed by atoms with Gasteiger partial charge in [0.15, 0.2) is 0 Å². The molecule has 1 saturated carbocycles. The normalized spacial score (nSPS) is 34.8. The molecule has 2 aliphatic rings. The molecule has 0 aromatic rings. The van der Waals surface area contributed by atoms with Crippen LogP contribution in [0, 0.1) is 11.8 Å². The average molecular weight is 283 g/mol. The Bertz CT molecular complexity index is 371. The summed E-state index contributed by atoms with van der Waals surface area (Å²) < 4.78 is 0. The maximum atomic E-state index is 12.4. The Hall–Kier alpha value is -1.10. The molecular formula is C15H25NO4. The van der Waals surface area contributed by atoms with Crippen LogP contribution in [0.15, 0.2) is 0 Å². The van der Waals surface area contributed by atoms with E-state index in [1.54, 1.807) is 4.90 Å². The SMILES string of the molecule is CC1CCC(C(=O)O)CN1C(=O)C[C@@H]1CCCC[C@H]1O. The smallest absolute Gasteiger partial charge is 0.308 e. The number of aliphatic hydroxyl groups is 1. The molecule has 1 aliphatic heterocycles. The largest absolute Gasteiger partial charge is 0.481 e. The molecule has 1 heterocycles. The highest BCUT2D eigenvalue weighted by Gasteiger charge is 2.34. The monoisotopic (exact) mass is 283 g/mol. The van der Waals surface area contributed by atoms with Gasteiger partial charge < -0.3 is 15.1 Å². The average Bonchev–Trinajstić information content (AvgIpc) is 2.41. The number of hydrogen-bond donors (Lipinski definition) is 2. The first-order valence-corrected chi connectivity index (χ1v) is 7.69. The van der Waals surface area contributed by atoms with E-state index in [-0.39, 0.29) is 24.0 Å². The molecular weight excluding hydrogens is 258 g/mol. The van der Waals surface area contributed by atoms with Gasteiger partial charge in [-0.15, -0.1) is 0 Å². The van der Waals surface area contributed by atoms with Gasteiger partial charge in [-0.2, -0.15) is 0 Å². The van der Waals surface area contributed by atoms with Gasteiger partial charge in [-0.1, -0.05) is 12.8 Å². The number of carboxylic acid groups (broad SMARTS) is 1. The number of carboxylic acids is 1. The molecule has 1 amide bonds. The molecule has 0 spiro atoms. The van der Waals surface area contributed by atoms with Crippen LogP contribution in [-0.2, 0) is 9.59 Å². The van der Waals surface area contributed by atoms with Crippen molar-refractivity contribution < 1.29 is 19.8 Å². The predicted octanol–water partition coefficient (Wildman–Crippen LogP) is 1.64. The second-order valence-electron chi connectivity index (χ2n) is 6.32. The molecule has 2 fully saturated rings. The third kappa shape index (κ3) is 3.51. The fourth-order valence-corrected chi connectivity index (χ4v) is 3.42. The summed E-state index contributed by atoms with van der Waals surface area (Å²) in [5.41, 5.74) is 0. The molecule has 0 aromatic heterocycles. The molecule has 5 heteroatoms. The van der Waals surface area contributed by atoms with Crippen LogP contribution in [0.5, 0.6) is 0 Å². The highest BCUT2D eigenvalue weighted by atomic mass is 16.4. The Morgan fingerprint density at radius 3 is 2.50 bits per heavy atom. The molecule has 0 aromatic carbocycles. The van der Waals surface area contributed by atoms with Crippen LogP contribution in [0.4, 0.5) is 0 Å². The summed E-state index contributed by atoms with van der Waals surface area (Å²) in [4.78, 5) is 25.2. The number of carbonyl (C=O) groups is 2. The number of likely N-dealkylation sites (tertiary alicyclic amines) is 1. The van der Waals surface area contributed by atoms with E-state index in [9.17, 15) is 14.7 Å². The van der Waals surface area contributed by atoms with Crippen molar-refractivity contribution in [2.75, 3.05) is 6.54 Å². The summed E-state index contributed by atoms with van der Waals surface area (Å²) in [6.45, 7) is 2.30. The maximum absolute atomic E-state index is 12.4. The number of rotatable bonds is 3. The molecule has 5 nitrogen and oxygen atoms in total.